The minimum atomic E-state index is 0.246. The van der Waals surface area contributed by atoms with Crippen LogP contribution < -0.4 is 14.8 Å². The Hall–Kier alpha value is -1.26. The van der Waals surface area contributed by atoms with E-state index >= 15 is 0 Å². The minimum absolute atomic E-state index is 0.246. The van der Waals surface area contributed by atoms with E-state index in [1.165, 1.54) is 5.56 Å². The van der Waals surface area contributed by atoms with Crippen LogP contribution in [0.4, 0.5) is 0 Å². The van der Waals surface area contributed by atoms with E-state index in [0.29, 0.717) is 18.4 Å². The molecular weight excluding hydrogens is 242 g/mol. The summed E-state index contributed by atoms with van der Waals surface area (Å²) in [5.41, 5.74) is 1.19. The van der Waals surface area contributed by atoms with Gasteiger partial charge in [0, 0.05) is 12.6 Å². The quantitative estimate of drug-likeness (QED) is 0.551. The largest absolute Gasteiger partial charge is 0.493 e. The van der Waals surface area contributed by atoms with Crippen LogP contribution in [0.15, 0.2) is 18.2 Å². The van der Waals surface area contributed by atoms with Crippen LogP contribution in [0.1, 0.15) is 38.8 Å². The maximum atomic E-state index is 5.52. The maximum Gasteiger partial charge on any atom is 0.189 e. The molecule has 19 heavy (non-hydrogen) atoms. The zero-order chi connectivity index (χ0) is 14.1. The molecule has 0 saturated heterocycles. The van der Waals surface area contributed by atoms with E-state index in [2.05, 4.69) is 25.2 Å². The molecule has 0 saturated carbocycles. The van der Waals surface area contributed by atoms with E-state index in [0.717, 1.165) is 18.7 Å². The van der Waals surface area contributed by atoms with Crippen LogP contribution >= 0.6 is 0 Å². The first-order valence-corrected chi connectivity index (χ1v) is 6.84. The highest BCUT2D eigenvalue weighted by Gasteiger charge is 2.10. The molecule has 0 bridgehead atoms. The zero-order valence-corrected chi connectivity index (χ0v) is 12.4. The number of hydrogen-bond donors (Lipinski definition) is 1. The Morgan fingerprint density at radius 3 is 2.63 bits per heavy atom. The zero-order valence-electron chi connectivity index (χ0n) is 12.4. The van der Waals surface area contributed by atoms with Gasteiger partial charge in [-0.05, 0) is 44.5 Å². The molecule has 0 aromatic heterocycles. The average molecular weight is 267 g/mol. The monoisotopic (exact) mass is 267 g/mol. The van der Waals surface area contributed by atoms with E-state index in [1.807, 2.05) is 19.1 Å². The highest BCUT2D eigenvalue weighted by atomic mass is 16.7. The fraction of sp³-hybridized carbons (Fsp3) is 0.600. The molecule has 0 aliphatic heterocycles. The summed E-state index contributed by atoms with van der Waals surface area (Å²) in [5, 5.41) is 3.45. The van der Waals surface area contributed by atoms with Gasteiger partial charge < -0.3 is 19.5 Å². The first-order chi connectivity index (χ1) is 9.22. The number of rotatable bonds is 9. The van der Waals surface area contributed by atoms with Crippen LogP contribution in [0.5, 0.6) is 11.5 Å². The second kappa shape index (κ2) is 8.77. The maximum absolute atomic E-state index is 5.52. The lowest BCUT2D eigenvalue weighted by Crippen LogP contribution is -2.19. The third-order valence-electron chi connectivity index (χ3n) is 2.89. The molecule has 4 nitrogen and oxygen atoms in total. The van der Waals surface area contributed by atoms with E-state index in [4.69, 9.17) is 14.2 Å². The van der Waals surface area contributed by atoms with Gasteiger partial charge in [-0.1, -0.05) is 13.0 Å². The molecule has 1 aromatic rings. The Morgan fingerprint density at radius 2 is 2.00 bits per heavy atom. The molecule has 1 unspecified atom stereocenters. The molecule has 0 aliphatic carbocycles. The summed E-state index contributed by atoms with van der Waals surface area (Å²) in [7, 11) is 1.65. The molecule has 0 amide bonds. The van der Waals surface area contributed by atoms with Crippen molar-refractivity contribution in [1.82, 2.24) is 5.32 Å². The van der Waals surface area contributed by atoms with Gasteiger partial charge in [0.2, 0.25) is 0 Å². The second-order valence-corrected chi connectivity index (χ2v) is 4.34. The minimum Gasteiger partial charge on any atom is -0.493 e. The lowest BCUT2D eigenvalue weighted by molar-refractivity contribution is 0.0209. The summed E-state index contributed by atoms with van der Waals surface area (Å²) in [5.74, 6) is 1.45. The topological polar surface area (TPSA) is 39.7 Å². The Balaban J connectivity index is 2.71. The lowest BCUT2D eigenvalue weighted by atomic mass is 10.1. The second-order valence-electron chi connectivity index (χ2n) is 4.34. The van der Waals surface area contributed by atoms with Crippen molar-refractivity contribution in [2.24, 2.45) is 0 Å². The number of methoxy groups -OCH3 is 1. The van der Waals surface area contributed by atoms with Crippen molar-refractivity contribution in [2.75, 3.05) is 27.1 Å². The molecule has 4 heteroatoms. The Bertz CT molecular complexity index is 368. The van der Waals surface area contributed by atoms with E-state index < -0.39 is 0 Å². The molecule has 1 aromatic carbocycles. The molecule has 0 spiro atoms. The predicted octanol–water partition coefficient (Wildman–Crippen LogP) is 3.13. The lowest BCUT2D eigenvalue weighted by Gasteiger charge is -2.16. The molecule has 108 valence electrons. The van der Waals surface area contributed by atoms with Crippen molar-refractivity contribution in [3.63, 3.8) is 0 Å². The summed E-state index contributed by atoms with van der Waals surface area (Å²) in [6.07, 6.45) is 1.12. The van der Waals surface area contributed by atoms with Crippen LogP contribution in [0, 0.1) is 0 Å². The molecule has 0 radical (unpaired) electrons. The first-order valence-electron chi connectivity index (χ1n) is 6.84. The number of nitrogens with one attached hydrogen (secondary N) is 1. The van der Waals surface area contributed by atoms with E-state index in [9.17, 15) is 0 Å². The molecule has 1 atom stereocenters. The van der Waals surface area contributed by atoms with Crippen LogP contribution in [0.25, 0.3) is 0 Å². The summed E-state index contributed by atoms with van der Waals surface area (Å²) in [4.78, 5) is 0. The van der Waals surface area contributed by atoms with Crippen LogP contribution in [-0.4, -0.2) is 27.1 Å². The summed E-state index contributed by atoms with van der Waals surface area (Å²) < 4.78 is 16.1. The first kappa shape index (κ1) is 15.8. The summed E-state index contributed by atoms with van der Waals surface area (Å²) in [6.45, 7) is 8.13. The molecule has 0 heterocycles. The SMILES string of the molecule is CCCNC(C)c1ccc(OCOCC)c(OC)c1. The molecule has 0 fully saturated rings. The Kier molecular flexibility index (Phi) is 7.30. The van der Waals surface area contributed by atoms with Gasteiger partial charge in [-0.2, -0.15) is 0 Å². The van der Waals surface area contributed by atoms with Crippen molar-refractivity contribution in [3.05, 3.63) is 23.8 Å². The number of ether oxygens (including phenoxy) is 3. The van der Waals surface area contributed by atoms with Gasteiger partial charge >= 0.3 is 0 Å². The Labute approximate surface area is 116 Å². The third kappa shape index (κ3) is 5.09. The third-order valence-corrected chi connectivity index (χ3v) is 2.89. The normalized spacial score (nSPS) is 12.2. The fourth-order valence-corrected chi connectivity index (χ4v) is 1.74. The number of hydrogen-bond acceptors (Lipinski definition) is 4. The molecular formula is C15H25NO3. The molecule has 0 aliphatic rings. The van der Waals surface area contributed by atoms with Gasteiger partial charge in [-0.25, -0.2) is 0 Å². The van der Waals surface area contributed by atoms with Crippen molar-refractivity contribution < 1.29 is 14.2 Å². The van der Waals surface area contributed by atoms with Crippen molar-refractivity contribution in [2.45, 2.75) is 33.2 Å². The highest BCUT2D eigenvalue weighted by molar-refractivity contribution is 5.43. The van der Waals surface area contributed by atoms with Gasteiger partial charge in [0.25, 0.3) is 0 Å². The highest BCUT2D eigenvalue weighted by Crippen LogP contribution is 2.30. The molecule has 1 rings (SSSR count). The van der Waals surface area contributed by atoms with Crippen molar-refractivity contribution in [3.8, 4) is 11.5 Å². The van der Waals surface area contributed by atoms with Crippen molar-refractivity contribution in [1.29, 1.82) is 0 Å². The van der Waals surface area contributed by atoms with Crippen LogP contribution in [0.2, 0.25) is 0 Å². The summed E-state index contributed by atoms with van der Waals surface area (Å²) in [6, 6.07) is 6.29. The Morgan fingerprint density at radius 1 is 1.21 bits per heavy atom. The van der Waals surface area contributed by atoms with Crippen molar-refractivity contribution >= 4 is 0 Å². The van der Waals surface area contributed by atoms with Crippen LogP contribution in [-0.2, 0) is 4.74 Å². The van der Waals surface area contributed by atoms with Gasteiger partial charge in [-0.3, -0.25) is 0 Å². The van der Waals surface area contributed by atoms with Crippen LogP contribution in [0.3, 0.4) is 0 Å². The smallest absolute Gasteiger partial charge is 0.189 e. The van der Waals surface area contributed by atoms with Gasteiger partial charge in [0.05, 0.1) is 7.11 Å². The average Bonchev–Trinajstić information content (AvgIpc) is 2.45. The summed E-state index contributed by atoms with van der Waals surface area (Å²) >= 11 is 0. The fourth-order valence-electron chi connectivity index (χ4n) is 1.74. The number of benzene rings is 1. The van der Waals surface area contributed by atoms with E-state index in [-0.39, 0.29) is 6.79 Å². The van der Waals surface area contributed by atoms with Gasteiger partial charge in [0.1, 0.15) is 0 Å². The predicted molar refractivity (Wildman–Crippen MR) is 76.8 cm³/mol. The molecule has 1 N–H and O–H groups in total. The van der Waals surface area contributed by atoms with E-state index in [1.54, 1.807) is 7.11 Å². The standard InChI is InChI=1S/C15H25NO3/c1-5-9-16-12(3)13-7-8-14(15(10-13)17-4)19-11-18-6-2/h7-8,10,12,16H,5-6,9,11H2,1-4H3. The van der Waals surface area contributed by atoms with Gasteiger partial charge in [-0.15, -0.1) is 0 Å². The van der Waals surface area contributed by atoms with Gasteiger partial charge in [0.15, 0.2) is 18.3 Å².